The SMILES string of the molecule is CO/N=C\[C@H]1OC(C)(C)O[C@@H]1[C@H]1COC(C)(C)O1. The zero-order chi connectivity index (χ0) is 13.4. The molecular weight excluding hydrogens is 238 g/mol. The van der Waals surface area contributed by atoms with Crippen molar-refractivity contribution in [3.8, 4) is 0 Å². The fraction of sp³-hybridized carbons (Fsp3) is 0.917. The third kappa shape index (κ3) is 3.00. The van der Waals surface area contributed by atoms with Gasteiger partial charge in [-0.25, -0.2) is 0 Å². The summed E-state index contributed by atoms with van der Waals surface area (Å²) in [6.07, 6.45) is 0.867. The van der Waals surface area contributed by atoms with Crippen LogP contribution in [0.15, 0.2) is 5.16 Å². The van der Waals surface area contributed by atoms with Crippen LogP contribution in [-0.2, 0) is 23.8 Å². The van der Waals surface area contributed by atoms with E-state index in [-0.39, 0.29) is 18.3 Å². The summed E-state index contributed by atoms with van der Waals surface area (Å²) in [5, 5.41) is 3.75. The number of nitrogens with zero attached hydrogens (tertiary/aromatic N) is 1. The molecule has 0 unspecified atom stereocenters. The smallest absolute Gasteiger partial charge is 0.164 e. The lowest BCUT2D eigenvalue weighted by Gasteiger charge is -2.22. The molecule has 18 heavy (non-hydrogen) atoms. The van der Waals surface area contributed by atoms with Crippen molar-refractivity contribution in [3.05, 3.63) is 0 Å². The molecule has 2 saturated heterocycles. The van der Waals surface area contributed by atoms with Crippen LogP contribution in [0.2, 0.25) is 0 Å². The number of hydrogen-bond donors (Lipinski definition) is 0. The zero-order valence-electron chi connectivity index (χ0n) is 11.5. The van der Waals surface area contributed by atoms with Crippen LogP contribution in [0.1, 0.15) is 27.7 Å². The van der Waals surface area contributed by atoms with E-state index < -0.39 is 11.6 Å². The second kappa shape index (κ2) is 4.77. The van der Waals surface area contributed by atoms with Crippen molar-refractivity contribution in [2.24, 2.45) is 5.16 Å². The van der Waals surface area contributed by atoms with E-state index in [1.54, 1.807) is 6.21 Å². The molecule has 0 aliphatic carbocycles. The molecule has 0 saturated carbocycles. The van der Waals surface area contributed by atoms with Gasteiger partial charge in [-0.15, -0.1) is 0 Å². The second-order valence-electron chi connectivity index (χ2n) is 5.37. The molecule has 3 atom stereocenters. The van der Waals surface area contributed by atoms with Crippen LogP contribution in [0.25, 0.3) is 0 Å². The summed E-state index contributed by atoms with van der Waals surface area (Å²) in [7, 11) is 1.49. The largest absolute Gasteiger partial charge is 0.399 e. The minimum atomic E-state index is -0.662. The highest BCUT2D eigenvalue weighted by molar-refractivity contribution is 5.64. The van der Waals surface area contributed by atoms with Crippen LogP contribution in [-0.4, -0.2) is 49.8 Å². The monoisotopic (exact) mass is 259 g/mol. The second-order valence-corrected chi connectivity index (χ2v) is 5.37. The summed E-state index contributed by atoms with van der Waals surface area (Å²) in [4.78, 5) is 4.69. The van der Waals surface area contributed by atoms with Gasteiger partial charge >= 0.3 is 0 Å². The molecule has 0 spiro atoms. The maximum atomic E-state index is 5.86. The van der Waals surface area contributed by atoms with E-state index in [2.05, 4.69) is 9.99 Å². The molecule has 2 heterocycles. The molecule has 2 aliphatic rings. The van der Waals surface area contributed by atoms with Crippen LogP contribution >= 0.6 is 0 Å². The van der Waals surface area contributed by atoms with Crippen molar-refractivity contribution in [1.29, 1.82) is 0 Å². The van der Waals surface area contributed by atoms with Crippen LogP contribution in [0.3, 0.4) is 0 Å². The highest BCUT2D eigenvalue weighted by Gasteiger charge is 2.49. The highest BCUT2D eigenvalue weighted by Crippen LogP contribution is 2.34. The Bertz CT molecular complexity index is 328. The Kier molecular flexibility index (Phi) is 3.64. The molecule has 6 nitrogen and oxygen atoms in total. The first kappa shape index (κ1) is 13.7. The number of ether oxygens (including phenoxy) is 4. The summed E-state index contributed by atoms with van der Waals surface area (Å²) in [5.41, 5.74) is 0. The molecule has 0 radical (unpaired) electrons. The van der Waals surface area contributed by atoms with E-state index in [0.29, 0.717) is 6.61 Å². The summed E-state index contributed by atoms with van der Waals surface area (Å²) < 4.78 is 23.0. The van der Waals surface area contributed by atoms with Gasteiger partial charge in [0.1, 0.15) is 25.4 Å². The fourth-order valence-corrected chi connectivity index (χ4v) is 2.22. The van der Waals surface area contributed by atoms with Gasteiger partial charge in [-0.05, 0) is 27.7 Å². The van der Waals surface area contributed by atoms with E-state index in [0.717, 1.165) is 0 Å². The van der Waals surface area contributed by atoms with Gasteiger partial charge in [0.25, 0.3) is 0 Å². The normalized spacial score (nSPS) is 38.4. The van der Waals surface area contributed by atoms with Crippen molar-refractivity contribution in [3.63, 3.8) is 0 Å². The molecule has 6 heteroatoms. The van der Waals surface area contributed by atoms with E-state index in [1.807, 2.05) is 27.7 Å². The van der Waals surface area contributed by atoms with Crippen LogP contribution in [0.4, 0.5) is 0 Å². The Labute approximate surface area is 107 Å². The maximum Gasteiger partial charge on any atom is 0.164 e. The molecule has 104 valence electrons. The lowest BCUT2D eigenvalue weighted by atomic mass is 10.1. The Morgan fingerprint density at radius 3 is 2.39 bits per heavy atom. The summed E-state index contributed by atoms with van der Waals surface area (Å²) in [6.45, 7) is 7.97. The Morgan fingerprint density at radius 2 is 1.83 bits per heavy atom. The van der Waals surface area contributed by atoms with Crippen molar-refractivity contribution in [2.75, 3.05) is 13.7 Å². The Hall–Kier alpha value is -0.690. The van der Waals surface area contributed by atoms with Gasteiger partial charge in [0, 0.05) is 0 Å². The molecule has 2 aliphatic heterocycles. The first-order valence-corrected chi connectivity index (χ1v) is 6.07. The minimum Gasteiger partial charge on any atom is -0.399 e. The number of oxime groups is 1. The van der Waals surface area contributed by atoms with Crippen LogP contribution in [0, 0.1) is 0 Å². The van der Waals surface area contributed by atoms with Gasteiger partial charge in [0.05, 0.1) is 12.8 Å². The highest BCUT2D eigenvalue weighted by atomic mass is 16.8. The zero-order valence-corrected chi connectivity index (χ0v) is 11.5. The minimum absolute atomic E-state index is 0.171. The first-order valence-electron chi connectivity index (χ1n) is 6.07. The molecule has 0 aromatic heterocycles. The van der Waals surface area contributed by atoms with E-state index in [1.165, 1.54) is 7.11 Å². The van der Waals surface area contributed by atoms with Gasteiger partial charge in [-0.2, -0.15) is 0 Å². The topological polar surface area (TPSA) is 58.5 Å². The van der Waals surface area contributed by atoms with E-state index >= 15 is 0 Å². The molecule has 0 aromatic carbocycles. The predicted molar refractivity (Wildman–Crippen MR) is 64.2 cm³/mol. The molecule has 0 aromatic rings. The predicted octanol–water partition coefficient (Wildman–Crippen LogP) is 1.29. The Morgan fingerprint density at radius 1 is 1.11 bits per heavy atom. The average molecular weight is 259 g/mol. The van der Waals surface area contributed by atoms with Gasteiger partial charge < -0.3 is 23.8 Å². The number of rotatable bonds is 3. The van der Waals surface area contributed by atoms with E-state index in [9.17, 15) is 0 Å². The van der Waals surface area contributed by atoms with Crippen LogP contribution < -0.4 is 0 Å². The van der Waals surface area contributed by atoms with Gasteiger partial charge in [0.15, 0.2) is 11.6 Å². The molecule has 2 fully saturated rings. The molecular formula is C12H21NO5. The Balaban J connectivity index is 2.07. The summed E-state index contributed by atoms with van der Waals surface area (Å²) >= 11 is 0. The summed E-state index contributed by atoms with van der Waals surface area (Å²) in [5.74, 6) is -1.24. The molecule has 0 bridgehead atoms. The maximum absolute atomic E-state index is 5.86. The number of hydrogen-bond acceptors (Lipinski definition) is 6. The van der Waals surface area contributed by atoms with Gasteiger partial charge in [0.2, 0.25) is 0 Å². The van der Waals surface area contributed by atoms with Crippen molar-refractivity contribution in [1.82, 2.24) is 0 Å². The summed E-state index contributed by atoms with van der Waals surface area (Å²) in [6, 6.07) is 0. The molecule has 0 amide bonds. The molecule has 0 N–H and O–H groups in total. The third-order valence-corrected chi connectivity index (χ3v) is 2.87. The van der Waals surface area contributed by atoms with Gasteiger partial charge in [-0.3, -0.25) is 0 Å². The molecule has 2 rings (SSSR count). The fourth-order valence-electron chi connectivity index (χ4n) is 2.22. The van der Waals surface area contributed by atoms with Crippen molar-refractivity contribution >= 4 is 6.21 Å². The van der Waals surface area contributed by atoms with Gasteiger partial charge in [-0.1, -0.05) is 5.16 Å². The van der Waals surface area contributed by atoms with Crippen LogP contribution in [0.5, 0.6) is 0 Å². The first-order chi connectivity index (χ1) is 8.33. The third-order valence-electron chi connectivity index (χ3n) is 2.87. The standard InChI is InChI=1S/C12H21NO5/c1-11(2)15-7-9(17-11)10-8(6-13-14-5)16-12(3,4)18-10/h6,8-10H,7H2,1-5H3/b13-6-/t8-,9-,10+/m1/s1. The quantitative estimate of drug-likeness (QED) is 0.564. The van der Waals surface area contributed by atoms with Crippen molar-refractivity contribution in [2.45, 2.75) is 57.6 Å². The van der Waals surface area contributed by atoms with E-state index in [4.69, 9.17) is 18.9 Å². The lowest BCUT2D eigenvalue weighted by Crippen LogP contribution is -2.39. The average Bonchev–Trinajstić information content (AvgIpc) is 2.75. The lowest BCUT2D eigenvalue weighted by molar-refractivity contribution is -0.174. The van der Waals surface area contributed by atoms with Crippen molar-refractivity contribution < 1.29 is 23.8 Å².